The second-order valence-corrected chi connectivity index (χ2v) is 11.0. The first-order valence-corrected chi connectivity index (χ1v) is 13.5. The van der Waals surface area contributed by atoms with Crippen molar-refractivity contribution >= 4 is 33.3 Å². The number of benzene rings is 2. The molecule has 38 heavy (non-hydrogen) atoms. The molecule has 1 saturated carbocycles. The van der Waals surface area contributed by atoms with Crippen LogP contribution in [0, 0.1) is 19.8 Å². The Morgan fingerprint density at radius 1 is 1.13 bits per heavy atom. The third kappa shape index (κ3) is 4.92. The van der Waals surface area contributed by atoms with Crippen molar-refractivity contribution in [2.75, 3.05) is 24.4 Å². The second kappa shape index (κ2) is 10.5. The summed E-state index contributed by atoms with van der Waals surface area (Å²) in [5.41, 5.74) is 2.64. The highest BCUT2D eigenvalue weighted by Crippen LogP contribution is 2.42. The number of hydrogen-bond donors (Lipinski definition) is 5. The van der Waals surface area contributed by atoms with E-state index in [4.69, 9.17) is 19.7 Å². The van der Waals surface area contributed by atoms with Crippen LogP contribution in [-0.4, -0.2) is 55.8 Å². The van der Waals surface area contributed by atoms with Crippen molar-refractivity contribution in [3.63, 3.8) is 0 Å². The molecule has 9 nitrogen and oxygen atoms in total. The summed E-state index contributed by atoms with van der Waals surface area (Å²) in [6.07, 6.45) is -0.416. The molecule has 0 amide bonds. The molecule has 0 aliphatic heterocycles. The molecule has 4 aromatic rings. The summed E-state index contributed by atoms with van der Waals surface area (Å²) in [4.78, 5) is 14.3. The number of para-hydroxylation sites is 1. The largest absolute Gasteiger partial charge is 0.494 e. The van der Waals surface area contributed by atoms with Crippen LogP contribution in [0.5, 0.6) is 5.75 Å². The molecule has 2 aromatic heterocycles. The quantitative estimate of drug-likeness (QED) is 0.208. The Morgan fingerprint density at radius 3 is 2.58 bits per heavy atom. The number of hydrogen-bond acceptors (Lipinski definition) is 10. The number of aliphatic hydroxyl groups is 3. The fraction of sp³-hybridized carbons (Fsp3) is 0.393. The normalized spacial score (nSPS) is 22.0. The number of rotatable bonds is 8. The zero-order chi connectivity index (χ0) is 27.0. The third-order valence-electron chi connectivity index (χ3n) is 7.23. The van der Waals surface area contributed by atoms with Gasteiger partial charge >= 0.3 is 0 Å². The van der Waals surface area contributed by atoms with E-state index in [1.807, 2.05) is 39.0 Å². The number of nitrogens with one attached hydrogen (secondary N) is 2. The second-order valence-electron chi connectivity index (χ2n) is 9.93. The number of aromatic nitrogens is 3. The number of aliphatic hydroxyl groups excluding tert-OH is 2. The Kier molecular flexibility index (Phi) is 7.23. The number of nitrogens with zero attached hydrogens (tertiary/aromatic N) is 3. The van der Waals surface area contributed by atoms with Crippen molar-refractivity contribution < 1.29 is 20.1 Å². The SMILES string of the molecule is COc1cccc2sc(-c3c(C)nc(NC(C)c4ccc(C)cc4)nc3NC3(O)CCC(CO)C3O)nc12. The standard InChI is InChI=1S/C28H33N5O4S/c1-15-8-10-18(11-9-15)16(2)29-27-30-17(3)22(26-31-23-20(37-4)6-5-7-21(23)38-26)25(32-27)33-28(36)13-12-19(14-34)24(28)35/h5-11,16,19,24,34-36H,12-14H2,1-4H3,(H2,29,30,32,33). The van der Waals surface area contributed by atoms with Crippen LogP contribution in [0.2, 0.25) is 0 Å². The van der Waals surface area contributed by atoms with E-state index in [0.29, 0.717) is 40.2 Å². The molecular weight excluding hydrogens is 502 g/mol. The number of aryl methyl sites for hydroxylation is 2. The van der Waals surface area contributed by atoms with Gasteiger partial charge in [-0.2, -0.15) is 4.98 Å². The minimum atomic E-state index is -1.66. The van der Waals surface area contributed by atoms with E-state index in [1.54, 1.807) is 7.11 Å². The van der Waals surface area contributed by atoms with Crippen molar-refractivity contribution in [3.05, 3.63) is 59.3 Å². The first kappa shape index (κ1) is 26.3. The Labute approximate surface area is 225 Å². The summed E-state index contributed by atoms with van der Waals surface area (Å²) >= 11 is 1.47. The summed E-state index contributed by atoms with van der Waals surface area (Å²) in [5, 5.41) is 39.0. The Hall–Kier alpha value is -3.31. The van der Waals surface area contributed by atoms with Gasteiger partial charge in [0.15, 0.2) is 5.72 Å². The zero-order valence-electron chi connectivity index (χ0n) is 21.9. The van der Waals surface area contributed by atoms with Crippen LogP contribution in [0.3, 0.4) is 0 Å². The van der Waals surface area contributed by atoms with Gasteiger partial charge in [-0.25, -0.2) is 9.97 Å². The van der Waals surface area contributed by atoms with Gasteiger partial charge < -0.3 is 30.7 Å². The van der Waals surface area contributed by atoms with E-state index in [9.17, 15) is 15.3 Å². The summed E-state index contributed by atoms with van der Waals surface area (Å²) in [5.74, 6) is 0.980. The van der Waals surface area contributed by atoms with Crippen LogP contribution >= 0.6 is 11.3 Å². The number of fused-ring (bicyclic) bond motifs is 1. The van der Waals surface area contributed by atoms with Gasteiger partial charge in [-0.05, 0) is 51.3 Å². The van der Waals surface area contributed by atoms with E-state index >= 15 is 0 Å². The molecule has 1 aliphatic carbocycles. The minimum Gasteiger partial charge on any atom is -0.494 e. The molecule has 0 radical (unpaired) electrons. The molecule has 1 aliphatic rings. The van der Waals surface area contributed by atoms with E-state index in [1.165, 1.54) is 16.9 Å². The van der Waals surface area contributed by atoms with E-state index in [2.05, 4.69) is 34.9 Å². The predicted molar refractivity (Wildman–Crippen MR) is 150 cm³/mol. The van der Waals surface area contributed by atoms with Crippen LogP contribution < -0.4 is 15.4 Å². The summed E-state index contributed by atoms with van der Waals surface area (Å²) in [6, 6.07) is 13.9. The van der Waals surface area contributed by atoms with Crippen LogP contribution in [0.25, 0.3) is 20.8 Å². The topological polar surface area (TPSA) is 133 Å². The van der Waals surface area contributed by atoms with Crippen LogP contribution in [0.15, 0.2) is 42.5 Å². The summed E-state index contributed by atoms with van der Waals surface area (Å²) in [7, 11) is 1.61. The maximum absolute atomic E-state index is 11.4. The van der Waals surface area contributed by atoms with E-state index in [-0.39, 0.29) is 19.1 Å². The lowest BCUT2D eigenvalue weighted by molar-refractivity contribution is -0.0545. The first-order valence-electron chi connectivity index (χ1n) is 12.7. The van der Waals surface area contributed by atoms with Gasteiger partial charge in [0, 0.05) is 12.5 Å². The van der Waals surface area contributed by atoms with Gasteiger partial charge in [0.2, 0.25) is 5.95 Å². The highest BCUT2D eigenvalue weighted by atomic mass is 32.1. The van der Waals surface area contributed by atoms with Crippen molar-refractivity contribution in [2.24, 2.45) is 5.92 Å². The maximum Gasteiger partial charge on any atom is 0.225 e. The number of ether oxygens (including phenoxy) is 1. The number of anilines is 2. The molecule has 5 N–H and O–H groups in total. The molecule has 4 atom stereocenters. The number of methoxy groups -OCH3 is 1. The van der Waals surface area contributed by atoms with Crippen molar-refractivity contribution in [1.82, 2.24) is 15.0 Å². The zero-order valence-corrected chi connectivity index (χ0v) is 22.7. The monoisotopic (exact) mass is 535 g/mol. The van der Waals surface area contributed by atoms with Gasteiger partial charge in [-0.3, -0.25) is 0 Å². The molecule has 0 bridgehead atoms. The van der Waals surface area contributed by atoms with Crippen LogP contribution in [-0.2, 0) is 0 Å². The highest BCUT2D eigenvalue weighted by molar-refractivity contribution is 7.21. The molecule has 4 unspecified atom stereocenters. The fourth-order valence-corrected chi connectivity index (χ4v) is 6.03. The van der Waals surface area contributed by atoms with Gasteiger partial charge in [0.25, 0.3) is 0 Å². The molecule has 10 heteroatoms. The Morgan fingerprint density at radius 2 is 1.89 bits per heavy atom. The van der Waals surface area contributed by atoms with E-state index < -0.39 is 17.7 Å². The van der Waals surface area contributed by atoms with Gasteiger partial charge in [0.05, 0.1) is 29.1 Å². The molecule has 0 spiro atoms. The minimum absolute atomic E-state index is 0.0701. The fourth-order valence-electron chi connectivity index (χ4n) is 4.94. The van der Waals surface area contributed by atoms with Crippen molar-refractivity contribution in [1.29, 1.82) is 0 Å². The average molecular weight is 536 g/mol. The lowest BCUT2D eigenvalue weighted by Crippen LogP contribution is -2.48. The molecule has 0 saturated heterocycles. The van der Waals surface area contributed by atoms with Crippen LogP contribution in [0.1, 0.15) is 42.6 Å². The Bertz CT molecular complexity index is 1440. The predicted octanol–water partition coefficient (Wildman–Crippen LogP) is 4.42. The first-order chi connectivity index (χ1) is 18.2. The lowest BCUT2D eigenvalue weighted by atomic mass is 10.0. The van der Waals surface area contributed by atoms with Crippen molar-refractivity contribution in [2.45, 2.75) is 51.5 Å². The Balaban J connectivity index is 1.58. The van der Waals surface area contributed by atoms with E-state index in [0.717, 1.165) is 15.8 Å². The van der Waals surface area contributed by atoms with Gasteiger partial charge in [-0.15, -0.1) is 11.3 Å². The number of thiazole rings is 1. The van der Waals surface area contributed by atoms with Crippen molar-refractivity contribution in [3.8, 4) is 16.3 Å². The molecule has 5 rings (SSSR count). The average Bonchev–Trinajstić information content (AvgIpc) is 3.44. The molecule has 200 valence electrons. The lowest BCUT2D eigenvalue weighted by Gasteiger charge is -2.31. The molecule has 2 heterocycles. The highest BCUT2D eigenvalue weighted by Gasteiger charge is 2.47. The maximum atomic E-state index is 11.4. The van der Waals surface area contributed by atoms with Gasteiger partial charge in [-0.1, -0.05) is 35.9 Å². The molecular formula is C28H33N5O4S. The van der Waals surface area contributed by atoms with Gasteiger partial charge in [0.1, 0.15) is 28.2 Å². The third-order valence-corrected chi connectivity index (χ3v) is 8.27. The summed E-state index contributed by atoms with van der Waals surface area (Å²) < 4.78 is 6.45. The van der Waals surface area contributed by atoms with Crippen LogP contribution in [0.4, 0.5) is 11.8 Å². The molecule has 2 aromatic carbocycles. The summed E-state index contributed by atoms with van der Waals surface area (Å²) in [6.45, 7) is 5.74. The molecule has 1 fully saturated rings. The smallest absolute Gasteiger partial charge is 0.225 e.